The highest BCUT2D eigenvalue weighted by Crippen LogP contribution is 2.07. The molecule has 0 spiro atoms. The van der Waals surface area contributed by atoms with Gasteiger partial charge in [0.2, 0.25) is 5.91 Å². The number of hydrogen-bond donors (Lipinski definition) is 3. The predicted octanol–water partition coefficient (Wildman–Crippen LogP) is -0.992. The van der Waals surface area contributed by atoms with Crippen molar-refractivity contribution in [2.24, 2.45) is 11.5 Å². The average molecular weight is 258 g/mol. The van der Waals surface area contributed by atoms with Crippen LogP contribution in [-0.4, -0.2) is 54.2 Å². The molecule has 1 heterocycles. The Labute approximate surface area is 107 Å². The van der Waals surface area contributed by atoms with Crippen molar-refractivity contribution in [1.29, 1.82) is 0 Å². The first-order valence-corrected chi connectivity index (χ1v) is 5.95. The van der Waals surface area contributed by atoms with Crippen LogP contribution in [0.15, 0.2) is 0 Å². The molecule has 5 N–H and O–H groups in total. The SMILES string of the molecule is CC(C)(C)OC(=O)NCC(=O)N1C[C@@H](N)[C@@H](N)C1. The van der Waals surface area contributed by atoms with E-state index < -0.39 is 11.7 Å². The monoisotopic (exact) mass is 258 g/mol. The van der Waals surface area contributed by atoms with E-state index in [4.69, 9.17) is 16.2 Å². The minimum Gasteiger partial charge on any atom is -0.444 e. The number of rotatable bonds is 2. The van der Waals surface area contributed by atoms with E-state index in [9.17, 15) is 9.59 Å². The highest BCUT2D eigenvalue weighted by atomic mass is 16.6. The van der Waals surface area contributed by atoms with Gasteiger partial charge in [-0.1, -0.05) is 0 Å². The lowest BCUT2D eigenvalue weighted by molar-refractivity contribution is -0.129. The first-order valence-electron chi connectivity index (χ1n) is 5.95. The maximum Gasteiger partial charge on any atom is 0.408 e. The van der Waals surface area contributed by atoms with Gasteiger partial charge in [0, 0.05) is 25.2 Å². The maximum atomic E-state index is 11.8. The Morgan fingerprint density at radius 1 is 1.28 bits per heavy atom. The molecule has 1 aliphatic heterocycles. The normalized spacial score (nSPS) is 23.9. The molecule has 0 aromatic rings. The summed E-state index contributed by atoms with van der Waals surface area (Å²) < 4.78 is 5.02. The summed E-state index contributed by atoms with van der Waals surface area (Å²) in [6.45, 7) is 6.02. The van der Waals surface area contributed by atoms with Crippen molar-refractivity contribution in [3.63, 3.8) is 0 Å². The number of amides is 2. The lowest BCUT2D eigenvalue weighted by Gasteiger charge is -2.20. The van der Waals surface area contributed by atoms with Crippen molar-refractivity contribution in [1.82, 2.24) is 10.2 Å². The molecule has 0 saturated carbocycles. The third-order valence-electron chi connectivity index (χ3n) is 2.55. The molecule has 0 aromatic heterocycles. The van der Waals surface area contributed by atoms with Crippen LogP contribution in [0.4, 0.5) is 4.79 Å². The van der Waals surface area contributed by atoms with E-state index in [-0.39, 0.29) is 24.5 Å². The minimum absolute atomic E-state index is 0.103. The van der Waals surface area contributed by atoms with Gasteiger partial charge < -0.3 is 26.4 Å². The fourth-order valence-electron chi connectivity index (χ4n) is 1.63. The number of alkyl carbamates (subject to hydrolysis) is 1. The molecule has 1 rings (SSSR count). The topological polar surface area (TPSA) is 111 Å². The lowest BCUT2D eigenvalue weighted by atomic mass is 10.2. The molecule has 7 nitrogen and oxygen atoms in total. The van der Waals surface area contributed by atoms with Crippen LogP contribution in [-0.2, 0) is 9.53 Å². The molecular formula is C11H22N4O3. The summed E-state index contributed by atoms with van der Waals surface area (Å²) in [6.07, 6.45) is -0.608. The van der Waals surface area contributed by atoms with E-state index >= 15 is 0 Å². The molecule has 0 bridgehead atoms. The van der Waals surface area contributed by atoms with Gasteiger partial charge in [-0.15, -0.1) is 0 Å². The van der Waals surface area contributed by atoms with E-state index in [0.717, 1.165) is 0 Å². The summed E-state index contributed by atoms with van der Waals surface area (Å²) in [6, 6.07) is -0.397. The minimum atomic E-state index is -0.608. The van der Waals surface area contributed by atoms with E-state index in [2.05, 4.69) is 5.32 Å². The third-order valence-corrected chi connectivity index (χ3v) is 2.55. The number of nitrogens with one attached hydrogen (secondary N) is 1. The van der Waals surface area contributed by atoms with Gasteiger partial charge in [0.05, 0.1) is 0 Å². The molecule has 1 aliphatic rings. The molecule has 1 saturated heterocycles. The highest BCUT2D eigenvalue weighted by Gasteiger charge is 2.30. The summed E-state index contributed by atoms with van der Waals surface area (Å²) in [7, 11) is 0. The van der Waals surface area contributed by atoms with Gasteiger partial charge in [-0.25, -0.2) is 4.79 Å². The summed E-state index contributed by atoms with van der Waals surface area (Å²) in [5, 5.41) is 2.41. The van der Waals surface area contributed by atoms with Crippen molar-refractivity contribution >= 4 is 12.0 Å². The standard InChI is InChI=1S/C11H22N4O3/c1-11(2,3)18-10(17)14-4-9(16)15-5-7(12)8(13)6-15/h7-8H,4-6,12-13H2,1-3H3,(H,14,17)/t7-,8+. The van der Waals surface area contributed by atoms with Crippen LogP contribution in [0.3, 0.4) is 0 Å². The molecule has 2 amide bonds. The Morgan fingerprint density at radius 3 is 2.22 bits per heavy atom. The Hall–Kier alpha value is -1.34. The van der Waals surface area contributed by atoms with Gasteiger partial charge in [0.1, 0.15) is 12.1 Å². The van der Waals surface area contributed by atoms with Gasteiger partial charge in [0.15, 0.2) is 0 Å². The number of likely N-dealkylation sites (tertiary alicyclic amines) is 1. The second kappa shape index (κ2) is 5.53. The van der Waals surface area contributed by atoms with Crippen molar-refractivity contribution in [2.75, 3.05) is 19.6 Å². The zero-order valence-electron chi connectivity index (χ0n) is 11.1. The fraction of sp³-hybridized carbons (Fsp3) is 0.818. The van der Waals surface area contributed by atoms with Crippen LogP contribution >= 0.6 is 0 Å². The maximum absolute atomic E-state index is 11.8. The van der Waals surface area contributed by atoms with Crippen LogP contribution in [0.2, 0.25) is 0 Å². The number of ether oxygens (including phenoxy) is 1. The summed E-state index contributed by atoms with van der Waals surface area (Å²) >= 11 is 0. The Balaban J connectivity index is 2.32. The van der Waals surface area contributed by atoms with Crippen LogP contribution in [0.25, 0.3) is 0 Å². The summed E-state index contributed by atoms with van der Waals surface area (Å²) in [5.41, 5.74) is 10.9. The third kappa shape index (κ3) is 4.50. The van der Waals surface area contributed by atoms with Crippen LogP contribution in [0, 0.1) is 0 Å². The van der Waals surface area contributed by atoms with Gasteiger partial charge in [0.25, 0.3) is 0 Å². The zero-order valence-corrected chi connectivity index (χ0v) is 11.1. The molecule has 0 aromatic carbocycles. The van der Waals surface area contributed by atoms with Crippen molar-refractivity contribution in [3.8, 4) is 0 Å². The molecule has 2 atom stereocenters. The molecule has 0 radical (unpaired) electrons. The number of nitrogens with zero attached hydrogens (tertiary/aromatic N) is 1. The van der Waals surface area contributed by atoms with Gasteiger partial charge >= 0.3 is 6.09 Å². The number of nitrogens with two attached hydrogens (primary N) is 2. The summed E-state index contributed by atoms with van der Waals surface area (Å²) in [4.78, 5) is 24.7. The Kier molecular flexibility index (Phi) is 4.53. The Bertz CT molecular complexity index is 317. The molecule has 0 aliphatic carbocycles. The molecule has 0 unspecified atom stereocenters. The van der Waals surface area contributed by atoms with Crippen molar-refractivity contribution in [3.05, 3.63) is 0 Å². The van der Waals surface area contributed by atoms with E-state index in [1.807, 2.05) is 0 Å². The second-order valence-electron chi connectivity index (χ2n) is 5.48. The first kappa shape index (κ1) is 14.7. The molecule has 7 heteroatoms. The molecule has 1 fully saturated rings. The van der Waals surface area contributed by atoms with E-state index in [0.29, 0.717) is 13.1 Å². The lowest BCUT2D eigenvalue weighted by Crippen LogP contribution is -2.41. The van der Waals surface area contributed by atoms with Gasteiger partial charge in [-0.05, 0) is 20.8 Å². The largest absolute Gasteiger partial charge is 0.444 e. The number of carbonyl (C=O) groups is 2. The molecule has 104 valence electrons. The second-order valence-corrected chi connectivity index (χ2v) is 5.48. The summed E-state index contributed by atoms with van der Waals surface area (Å²) in [5.74, 6) is -0.204. The van der Waals surface area contributed by atoms with Gasteiger partial charge in [-0.2, -0.15) is 0 Å². The highest BCUT2D eigenvalue weighted by molar-refractivity contribution is 5.82. The van der Waals surface area contributed by atoms with Crippen LogP contribution < -0.4 is 16.8 Å². The van der Waals surface area contributed by atoms with Crippen LogP contribution in [0.1, 0.15) is 20.8 Å². The number of carbonyl (C=O) groups excluding carboxylic acids is 2. The van der Waals surface area contributed by atoms with E-state index in [1.165, 1.54) is 0 Å². The van der Waals surface area contributed by atoms with Crippen molar-refractivity contribution < 1.29 is 14.3 Å². The quantitative estimate of drug-likeness (QED) is 0.589. The predicted molar refractivity (Wildman–Crippen MR) is 66.8 cm³/mol. The smallest absolute Gasteiger partial charge is 0.408 e. The fourth-order valence-corrected chi connectivity index (χ4v) is 1.63. The van der Waals surface area contributed by atoms with Crippen molar-refractivity contribution in [2.45, 2.75) is 38.5 Å². The van der Waals surface area contributed by atoms with E-state index in [1.54, 1.807) is 25.7 Å². The molecular weight excluding hydrogens is 236 g/mol. The number of hydrogen-bond acceptors (Lipinski definition) is 5. The first-order chi connectivity index (χ1) is 8.19. The average Bonchev–Trinajstić information content (AvgIpc) is 2.53. The molecule has 18 heavy (non-hydrogen) atoms. The Morgan fingerprint density at radius 2 is 1.78 bits per heavy atom. The zero-order chi connectivity index (χ0) is 13.9. The van der Waals surface area contributed by atoms with Gasteiger partial charge in [-0.3, -0.25) is 4.79 Å². The van der Waals surface area contributed by atoms with Crippen LogP contribution in [0.5, 0.6) is 0 Å².